The molecule has 100 valence electrons. The topological polar surface area (TPSA) is 87.4 Å². The number of carbonyl (C=O) groups is 1. The van der Waals surface area contributed by atoms with Gasteiger partial charge in [-0.15, -0.1) is 0 Å². The maximum absolute atomic E-state index is 11.8. The molecule has 0 radical (unpaired) electrons. The van der Waals surface area contributed by atoms with Crippen LogP contribution in [0.25, 0.3) is 0 Å². The molecule has 2 aromatic rings. The van der Waals surface area contributed by atoms with Gasteiger partial charge in [0, 0.05) is 38.5 Å². The highest BCUT2D eigenvalue weighted by Crippen LogP contribution is 2.22. The number of rotatable bonds is 4. The summed E-state index contributed by atoms with van der Waals surface area (Å²) in [6, 6.07) is 3.86. The number of phenolic OH excluding ortho intramolecular Hbond substituents is 2. The molecule has 0 aliphatic heterocycles. The van der Waals surface area contributed by atoms with Gasteiger partial charge in [0.15, 0.2) is 0 Å². The van der Waals surface area contributed by atoms with Crippen LogP contribution in [0.1, 0.15) is 16.2 Å². The van der Waals surface area contributed by atoms with Gasteiger partial charge in [0.2, 0.25) is 0 Å². The van der Waals surface area contributed by atoms with Crippen molar-refractivity contribution >= 4 is 5.91 Å². The Morgan fingerprint density at radius 2 is 2.21 bits per heavy atom. The van der Waals surface area contributed by atoms with Gasteiger partial charge in [-0.3, -0.25) is 4.79 Å². The fourth-order valence-electron chi connectivity index (χ4n) is 1.73. The van der Waals surface area contributed by atoms with Gasteiger partial charge in [-0.1, -0.05) is 0 Å². The molecule has 0 aliphatic rings. The maximum atomic E-state index is 11.8. The molecule has 0 saturated carbocycles. The van der Waals surface area contributed by atoms with Gasteiger partial charge in [0.05, 0.1) is 5.56 Å². The second-order valence-corrected chi connectivity index (χ2v) is 4.16. The molecule has 0 bridgehead atoms. The molecule has 2 rings (SSSR count). The van der Waals surface area contributed by atoms with Crippen LogP contribution in [0.4, 0.5) is 0 Å². The van der Waals surface area contributed by atoms with Crippen LogP contribution in [0.3, 0.4) is 0 Å². The van der Waals surface area contributed by atoms with Crippen molar-refractivity contribution in [3.05, 3.63) is 42.0 Å². The van der Waals surface area contributed by atoms with E-state index in [2.05, 4.69) is 10.3 Å². The first-order chi connectivity index (χ1) is 9.08. The van der Waals surface area contributed by atoms with Crippen LogP contribution in [0.5, 0.6) is 11.5 Å². The summed E-state index contributed by atoms with van der Waals surface area (Å²) in [4.78, 5) is 16.0. The number of imidazole rings is 1. The summed E-state index contributed by atoms with van der Waals surface area (Å²) in [5.41, 5.74) is 0.137. The summed E-state index contributed by atoms with van der Waals surface area (Å²) in [7, 11) is 1.88. The lowest BCUT2D eigenvalue weighted by atomic mass is 10.2. The van der Waals surface area contributed by atoms with E-state index in [-0.39, 0.29) is 23.0 Å². The van der Waals surface area contributed by atoms with Crippen molar-refractivity contribution in [2.24, 2.45) is 7.05 Å². The number of amides is 1. The molecule has 0 atom stereocenters. The van der Waals surface area contributed by atoms with Gasteiger partial charge in [0.25, 0.3) is 5.91 Å². The minimum absolute atomic E-state index is 0.0814. The predicted molar refractivity (Wildman–Crippen MR) is 69.0 cm³/mol. The largest absolute Gasteiger partial charge is 0.508 e. The van der Waals surface area contributed by atoms with Crippen molar-refractivity contribution in [3.63, 3.8) is 0 Å². The van der Waals surface area contributed by atoms with Gasteiger partial charge in [-0.05, 0) is 12.1 Å². The molecule has 3 N–H and O–H groups in total. The molecule has 6 heteroatoms. The number of nitrogens with zero attached hydrogens (tertiary/aromatic N) is 2. The number of benzene rings is 1. The van der Waals surface area contributed by atoms with Crippen LogP contribution >= 0.6 is 0 Å². The first-order valence-electron chi connectivity index (χ1n) is 5.84. The Kier molecular flexibility index (Phi) is 3.70. The molecule has 6 nitrogen and oxygen atoms in total. The van der Waals surface area contributed by atoms with Crippen LogP contribution in [0, 0.1) is 0 Å². The van der Waals surface area contributed by atoms with E-state index in [1.807, 2.05) is 17.8 Å². The lowest BCUT2D eigenvalue weighted by Crippen LogP contribution is -2.26. The summed E-state index contributed by atoms with van der Waals surface area (Å²) >= 11 is 0. The third kappa shape index (κ3) is 3.04. The summed E-state index contributed by atoms with van der Waals surface area (Å²) in [6.45, 7) is 0.421. The van der Waals surface area contributed by atoms with Crippen molar-refractivity contribution in [3.8, 4) is 11.5 Å². The summed E-state index contributed by atoms with van der Waals surface area (Å²) in [5.74, 6) is 0.165. The second kappa shape index (κ2) is 5.43. The highest BCUT2D eigenvalue weighted by atomic mass is 16.3. The van der Waals surface area contributed by atoms with Gasteiger partial charge in [-0.25, -0.2) is 4.98 Å². The maximum Gasteiger partial charge on any atom is 0.255 e. The third-order valence-corrected chi connectivity index (χ3v) is 2.78. The van der Waals surface area contributed by atoms with Gasteiger partial charge in [-0.2, -0.15) is 0 Å². The summed E-state index contributed by atoms with van der Waals surface area (Å²) in [6.07, 6.45) is 4.14. The normalized spacial score (nSPS) is 10.4. The van der Waals surface area contributed by atoms with Crippen LogP contribution in [0.15, 0.2) is 30.6 Å². The van der Waals surface area contributed by atoms with E-state index < -0.39 is 0 Å². The standard InChI is InChI=1S/C13H15N3O3/c1-16-7-6-14-12(16)4-5-15-13(19)10-3-2-9(17)8-11(10)18/h2-3,6-8,17-18H,4-5H2,1H3,(H,15,19). The Balaban J connectivity index is 1.93. The van der Waals surface area contributed by atoms with E-state index in [0.29, 0.717) is 13.0 Å². The average Bonchev–Trinajstić information content (AvgIpc) is 2.75. The molecule has 1 heterocycles. The van der Waals surface area contributed by atoms with E-state index in [1.54, 1.807) is 6.20 Å². The Hall–Kier alpha value is -2.50. The zero-order valence-corrected chi connectivity index (χ0v) is 10.5. The molecule has 0 unspecified atom stereocenters. The Morgan fingerprint density at radius 3 is 2.84 bits per heavy atom. The van der Waals surface area contributed by atoms with E-state index in [9.17, 15) is 9.90 Å². The van der Waals surface area contributed by atoms with Crippen molar-refractivity contribution in [2.45, 2.75) is 6.42 Å². The van der Waals surface area contributed by atoms with Crippen molar-refractivity contribution in [2.75, 3.05) is 6.54 Å². The number of aryl methyl sites for hydroxylation is 1. The highest BCUT2D eigenvalue weighted by Gasteiger charge is 2.11. The SMILES string of the molecule is Cn1ccnc1CCNC(=O)c1ccc(O)cc1O. The lowest BCUT2D eigenvalue weighted by Gasteiger charge is -2.07. The molecule has 1 amide bonds. The van der Waals surface area contributed by atoms with Crippen molar-refractivity contribution in [1.82, 2.24) is 14.9 Å². The monoisotopic (exact) mass is 261 g/mol. The summed E-state index contributed by atoms with van der Waals surface area (Å²) < 4.78 is 1.88. The molecule has 0 aliphatic carbocycles. The molecular formula is C13H15N3O3. The highest BCUT2D eigenvalue weighted by molar-refractivity contribution is 5.96. The molecule has 0 spiro atoms. The average molecular weight is 261 g/mol. The number of hydrogen-bond donors (Lipinski definition) is 3. The molecule has 19 heavy (non-hydrogen) atoms. The van der Waals surface area contributed by atoms with Gasteiger partial charge in [0.1, 0.15) is 17.3 Å². The predicted octanol–water partition coefficient (Wildman–Crippen LogP) is 0.804. The Bertz CT molecular complexity index is 593. The molecule has 0 fully saturated rings. The number of aromatic nitrogens is 2. The van der Waals surface area contributed by atoms with Crippen molar-refractivity contribution in [1.29, 1.82) is 0 Å². The minimum Gasteiger partial charge on any atom is -0.508 e. The fourth-order valence-corrected chi connectivity index (χ4v) is 1.73. The first kappa shape index (κ1) is 12.9. The first-order valence-corrected chi connectivity index (χ1v) is 5.84. The van der Waals surface area contributed by atoms with E-state index >= 15 is 0 Å². The number of carbonyl (C=O) groups excluding carboxylic acids is 1. The van der Waals surface area contributed by atoms with Gasteiger partial charge < -0.3 is 20.1 Å². The quantitative estimate of drug-likeness (QED) is 0.759. The van der Waals surface area contributed by atoms with Crippen LogP contribution in [0.2, 0.25) is 0 Å². The fraction of sp³-hybridized carbons (Fsp3) is 0.231. The van der Waals surface area contributed by atoms with E-state index in [0.717, 1.165) is 11.9 Å². The lowest BCUT2D eigenvalue weighted by molar-refractivity contribution is 0.0951. The smallest absolute Gasteiger partial charge is 0.255 e. The minimum atomic E-state index is -0.383. The summed E-state index contributed by atoms with van der Waals surface area (Å²) in [5, 5.41) is 21.4. The molecular weight excluding hydrogens is 246 g/mol. The number of aromatic hydroxyl groups is 2. The van der Waals surface area contributed by atoms with E-state index in [4.69, 9.17) is 5.11 Å². The second-order valence-electron chi connectivity index (χ2n) is 4.16. The number of phenols is 2. The number of nitrogens with one attached hydrogen (secondary N) is 1. The zero-order valence-electron chi connectivity index (χ0n) is 10.5. The van der Waals surface area contributed by atoms with Crippen molar-refractivity contribution < 1.29 is 15.0 Å². The number of hydrogen-bond acceptors (Lipinski definition) is 4. The van der Waals surface area contributed by atoms with Gasteiger partial charge >= 0.3 is 0 Å². The van der Waals surface area contributed by atoms with E-state index in [1.165, 1.54) is 12.1 Å². The third-order valence-electron chi connectivity index (χ3n) is 2.78. The van der Waals surface area contributed by atoms with Crippen LogP contribution < -0.4 is 5.32 Å². The molecule has 1 aromatic heterocycles. The van der Waals surface area contributed by atoms with Crippen LogP contribution in [-0.4, -0.2) is 32.2 Å². The zero-order chi connectivity index (χ0) is 13.8. The Labute approximate surface area is 110 Å². The molecule has 1 aromatic carbocycles. The Morgan fingerprint density at radius 1 is 1.42 bits per heavy atom. The molecule has 0 saturated heterocycles. The van der Waals surface area contributed by atoms with Crippen LogP contribution in [-0.2, 0) is 13.5 Å².